The van der Waals surface area contributed by atoms with Crippen LogP contribution in [0, 0.1) is 5.92 Å². The molecule has 1 aromatic rings. The Morgan fingerprint density at radius 1 is 1.33 bits per heavy atom. The van der Waals surface area contributed by atoms with Crippen LogP contribution in [0.1, 0.15) is 45.7 Å². The first-order valence-electron chi connectivity index (χ1n) is 8.04. The van der Waals surface area contributed by atoms with Gasteiger partial charge in [0.15, 0.2) is 0 Å². The standard InChI is InChI=1S/C18H29NO2/c1-6-20-12-16(13(2)3)19-11-15-9-7-8-14-10-18(4,5)21-17(14)15/h7-9,13,16,19H,6,10-12H2,1-5H3. The van der Waals surface area contributed by atoms with Gasteiger partial charge in [-0.2, -0.15) is 0 Å². The Bertz CT molecular complexity index is 468. The minimum absolute atomic E-state index is 0.0821. The summed E-state index contributed by atoms with van der Waals surface area (Å²) in [5, 5.41) is 3.62. The van der Waals surface area contributed by atoms with Crippen molar-refractivity contribution in [3.63, 3.8) is 0 Å². The van der Waals surface area contributed by atoms with Crippen molar-refractivity contribution in [3.8, 4) is 5.75 Å². The van der Waals surface area contributed by atoms with Gasteiger partial charge in [-0.1, -0.05) is 32.0 Å². The third-order valence-corrected chi connectivity index (χ3v) is 4.03. The lowest BCUT2D eigenvalue weighted by Gasteiger charge is -2.23. The summed E-state index contributed by atoms with van der Waals surface area (Å²) in [5.74, 6) is 1.62. The maximum Gasteiger partial charge on any atom is 0.127 e. The highest BCUT2D eigenvalue weighted by Gasteiger charge is 2.31. The van der Waals surface area contributed by atoms with Gasteiger partial charge in [0, 0.05) is 31.2 Å². The SMILES string of the molecule is CCOCC(NCc1cccc2c1OC(C)(C)C2)C(C)C. The molecule has 21 heavy (non-hydrogen) atoms. The van der Waals surface area contributed by atoms with E-state index in [0.29, 0.717) is 12.0 Å². The second-order valence-electron chi connectivity index (χ2n) is 6.83. The van der Waals surface area contributed by atoms with Gasteiger partial charge in [-0.05, 0) is 32.3 Å². The van der Waals surface area contributed by atoms with Gasteiger partial charge in [-0.3, -0.25) is 0 Å². The van der Waals surface area contributed by atoms with Crippen LogP contribution in [0.15, 0.2) is 18.2 Å². The number of rotatable bonds is 7. The third kappa shape index (κ3) is 4.21. The lowest BCUT2D eigenvalue weighted by Crippen LogP contribution is -2.37. The van der Waals surface area contributed by atoms with E-state index >= 15 is 0 Å². The molecular weight excluding hydrogens is 262 g/mol. The monoisotopic (exact) mass is 291 g/mol. The summed E-state index contributed by atoms with van der Waals surface area (Å²) >= 11 is 0. The molecule has 1 atom stereocenters. The molecule has 0 fully saturated rings. The van der Waals surface area contributed by atoms with Gasteiger partial charge in [-0.25, -0.2) is 0 Å². The van der Waals surface area contributed by atoms with Crippen LogP contribution in [-0.4, -0.2) is 24.9 Å². The molecule has 0 spiro atoms. The second kappa shape index (κ2) is 6.80. The van der Waals surface area contributed by atoms with E-state index in [1.165, 1.54) is 11.1 Å². The Balaban J connectivity index is 2.03. The first-order chi connectivity index (χ1) is 9.93. The zero-order valence-electron chi connectivity index (χ0n) is 14.0. The Morgan fingerprint density at radius 3 is 2.76 bits per heavy atom. The lowest BCUT2D eigenvalue weighted by atomic mass is 10.00. The minimum atomic E-state index is -0.0821. The molecular formula is C18H29NO2. The van der Waals surface area contributed by atoms with Gasteiger partial charge in [0.2, 0.25) is 0 Å². The fourth-order valence-electron chi connectivity index (χ4n) is 2.79. The number of ether oxygens (including phenoxy) is 2. The molecule has 1 aromatic carbocycles. The summed E-state index contributed by atoms with van der Waals surface area (Å²) in [6, 6.07) is 6.84. The zero-order valence-corrected chi connectivity index (χ0v) is 14.0. The van der Waals surface area contributed by atoms with E-state index in [9.17, 15) is 0 Å². The van der Waals surface area contributed by atoms with Crippen LogP contribution in [0.5, 0.6) is 5.75 Å². The molecule has 1 N–H and O–H groups in total. The maximum atomic E-state index is 6.13. The topological polar surface area (TPSA) is 30.5 Å². The molecule has 0 radical (unpaired) electrons. The molecule has 118 valence electrons. The van der Waals surface area contributed by atoms with E-state index in [1.54, 1.807) is 0 Å². The third-order valence-electron chi connectivity index (χ3n) is 4.03. The van der Waals surface area contributed by atoms with Crippen molar-refractivity contribution in [2.75, 3.05) is 13.2 Å². The number of fused-ring (bicyclic) bond motifs is 1. The predicted octanol–water partition coefficient (Wildman–Crippen LogP) is 3.55. The fourth-order valence-corrected chi connectivity index (χ4v) is 2.79. The molecule has 1 aliphatic rings. The van der Waals surface area contributed by atoms with Crippen molar-refractivity contribution in [3.05, 3.63) is 29.3 Å². The van der Waals surface area contributed by atoms with Gasteiger partial charge >= 0.3 is 0 Å². The summed E-state index contributed by atoms with van der Waals surface area (Å²) in [7, 11) is 0. The smallest absolute Gasteiger partial charge is 0.127 e. The number of hydrogen-bond acceptors (Lipinski definition) is 3. The first-order valence-corrected chi connectivity index (χ1v) is 8.04. The van der Waals surface area contributed by atoms with Gasteiger partial charge in [-0.15, -0.1) is 0 Å². The number of hydrogen-bond donors (Lipinski definition) is 1. The van der Waals surface area contributed by atoms with Crippen LogP contribution in [-0.2, 0) is 17.7 Å². The highest BCUT2D eigenvalue weighted by molar-refractivity contribution is 5.45. The Hall–Kier alpha value is -1.06. The average molecular weight is 291 g/mol. The quantitative estimate of drug-likeness (QED) is 0.833. The zero-order chi connectivity index (χ0) is 15.5. The van der Waals surface area contributed by atoms with Crippen molar-refractivity contribution < 1.29 is 9.47 Å². The lowest BCUT2D eigenvalue weighted by molar-refractivity contribution is 0.107. The molecule has 1 aliphatic heterocycles. The minimum Gasteiger partial charge on any atom is -0.487 e. The Morgan fingerprint density at radius 2 is 2.10 bits per heavy atom. The molecule has 0 saturated heterocycles. The Labute approximate surface area is 129 Å². The predicted molar refractivity (Wildman–Crippen MR) is 86.8 cm³/mol. The summed E-state index contributed by atoms with van der Waals surface area (Å²) in [6.45, 7) is 13.1. The molecule has 0 amide bonds. The van der Waals surface area contributed by atoms with Gasteiger partial charge < -0.3 is 14.8 Å². The van der Waals surface area contributed by atoms with E-state index in [-0.39, 0.29) is 5.60 Å². The molecule has 3 nitrogen and oxygen atoms in total. The van der Waals surface area contributed by atoms with Crippen molar-refractivity contribution >= 4 is 0 Å². The van der Waals surface area contributed by atoms with Gasteiger partial charge in [0.05, 0.1) is 6.61 Å². The molecule has 3 heteroatoms. The highest BCUT2D eigenvalue weighted by atomic mass is 16.5. The van der Waals surface area contributed by atoms with E-state index in [1.807, 2.05) is 6.92 Å². The van der Waals surface area contributed by atoms with Crippen LogP contribution < -0.4 is 10.1 Å². The van der Waals surface area contributed by atoms with E-state index < -0.39 is 0 Å². The van der Waals surface area contributed by atoms with E-state index in [4.69, 9.17) is 9.47 Å². The normalized spacial score (nSPS) is 17.6. The summed E-state index contributed by atoms with van der Waals surface area (Å²) in [5.41, 5.74) is 2.49. The Kier molecular flexibility index (Phi) is 5.28. The summed E-state index contributed by atoms with van der Waals surface area (Å²) in [4.78, 5) is 0. The summed E-state index contributed by atoms with van der Waals surface area (Å²) in [6.07, 6.45) is 0.989. The van der Waals surface area contributed by atoms with Crippen LogP contribution in [0.2, 0.25) is 0 Å². The average Bonchev–Trinajstić information content (AvgIpc) is 2.73. The molecule has 0 aromatic heterocycles. The molecule has 0 bridgehead atoms. The second-order valence-corrected chi connectivity index (χ2v) is 6.83. The van der Waals surface area contributed by atoms with Crippen molar-refractivity contribution in [1.82, 2.24) is 5.32 Å². The number of benzene rings is 1. The van der Waals surface area contributed by atoms with Crippen LogP contribution >= 0.6 is 0 Å². The molecule has 1 heterocycles. The molecule has 1 unspecified atom stereocenters. The van der Waals surface area contributed by atoms with Crippen molar-refractivity contribution in [2.24, 2.45) is 5.92 Å². The number of para-hydroxylation sites is 1. The number of nitrogens with one attached hydrogen (secondary N) is 1. The van der Waals surface area contributed by atoms with Crippen molar-refractivity contribution in [1.29, 1.82) is 0 Å². The summed E-state index contributed by atoms with van der Waals surface area (Å²) < 4.78 is 11.7. The molecule has 0 saturated carbocycles. The van der Waals surface area contributed by atoms with Crippen LogP contribution in [0.4, 0.5) is 0 Å². The first kappa shape index (κ1) is 16.3. The van der Waals surface area contributed by atoms with E-state index in [2.05, 4.69) is 51.2 Å². The van der Waals surface area contributed by atoms with Crippen LogP contribution in [0.3, 0.4) is 0 Å². The molecule has 0 aliphatic carbocycles. The highest BCUT2D eigenvalue weighted by Crippen LogP contribution is 2.37. The van der Waals surface area contributed by atoms with Gasteiger partial charge in [0.25, 0.3) is 0 Å². The van der Waals surface area contributed by atoms with E-state index in [0.717, 1.165) is 31.9 Å². The maximum absolute atomic E-state index is 6.13. The van der Waals surface area contributed by atoms with Crippen molar-refractivity contribution in [2.45, 2.75) is 59.2 Å². The van der Waals surface area contributed by atoms with Gasteiger partial charge in [0.1, 0.15) is 11.4 Å². The molecule has 2 rings (SSSR count). The fraction of sp³-hybridized carbons (Fsp3) is 0.667. The van der Waals surface area contributed by atoms with Crippen LogP contribution in [0.25, 0.3) is 0 Å². The largest absolute Gasteiger partial charge is 0.487 e.